The summed E-state index contributed by atoms with van der Waals surface area (Å²) in [6, 6.07) is 2.16. The summed E-state index contributed by atoms with van der Waals surface area (Å²) in [7, 11) is 0. The maximum absolute atomic E-state index is 11.9. The topological polar surface area (TPSA) is 79.7 Å². The molecule has 1 saturated heterocycles. The van der Waals surface area contributed by atoms with Crippen molar-refractivity contribution in [2.45, 2.75) is 39.2 Å². The quantitative estimate of drug-likeness (QED) is 0.788. The van der Waals surface area contributed by atoms with E-state index in [1.165, 1.54) is 4.88 Å². The third kappa shape index (κ3) is 2.50. The number of nitrogens with zero attached hydrogens (tertiary/aromatic N) is 5. The van der Waals surface area contributed by atoms with Crippen molar-refractivity contribution in [3.8, 4) is 0 Å². The first-order valence-corrected chi connectivity index (χ1v) is 9.10. The van der Waals surface area contributed by atoms with E-state index in [1.807, 2.05) is 6.92 Å². The highest BCUT2D eigenvalue weighted by Crippen LogP contribution is 2.33. The number of aryl methyl sites for hydroxylation is 1. The average molecular weight is 344 g/mol. The van der Waals surface area contributed by atoms with Gasteiger partial charge in [-0.3, -0.25) is 4.57 Å². The van der Waals surface area contributed by atoms with Gasteiger partial charge in [0.1, 0.15) is 22.8 Å². The number of thiophene rings is 1. The molecule has 3 aromatic rings. The second kappa shape index (κ2) is 6.01. The van der Waals surface area contributed by atoms with E-state index in [4.69, 9.17) is 0 Å². The number of anilines is 1. The number of aromatic amines is 1. The molecule has 0 spiro atoms. The molecular weight excluding hydrogens is 324 g/mol. The van der Waals surface area contributed by atoms with Gasteiger partial charge in [-0.05, 0) is 32.8 Å². The lowest BCUT2D eigenvalue weighted by Gasteiger charge is -2.33. The summed E-state index contributed by atoms with van der Waals surface area (Å²) in [5.74, 6) is 2.09. The van der Waals surface area contributed by atoms with Crippen molar-refractivity contribution in [2.24, 2.45) is 0 Å². The lowest BCUT2D eigenvalue weighted by atomic mass is 9.97. The number of rotatable bonds is 3. The van der Waals surface area contributed by atoms with Gasteiger partial charge in [0, 0.05) is 30.4 Å². The van der Waals surface area contributed by atoms with Gasteiger partial charge >= 0.3 is 5.69 Å². The number of nitrogens with one attached hydrogen (secondary N) is 1. The minimum absolute atomic E-state index is 0.123. The summed E-state index contributed by atoms with van der Waals surface area (Å²) >= 11 is 1.70. The number of hydrogen-bond acceptors (Lipinski definition) is 6. The van der Waals surface area contributed by atoms with Crippen LogP contribution in [0, 0.1) is 6.92 Å². The van der Waals surface area contributed by atoms with E-state index in [1.54, 1.807) is 22.2 Å². The van der Waals surface area contributed by atoms with Crippen molar-refractivity contribution in [3.05, 3.63) is 33.6 Å². The van der Waals surface area contributed by atoms with Crippen LogP contribution in [-0.2, 0) is 6.54 Å². The maximum atomic E-state index is 11.9. The zero-order chi connectivity index (χ0) is 16.7. The number of H-pyrrole nitrogens is 1. The van der Waals surface area contributed by atoms with Crippen molar-refractivity contribution >= 4 is 27.4 Å². The van der Waals surface area contributed by atoms with E-state index in [0.29, 0.717) is 6.54 Å². The van der Waals surface area contributed by atoms with Crippen LogP contribution < -0.4 is 10.6 Å². The Morgan fingerprint density at radius 3 is 3.12 bits per heavy atom. The number of aromatic nitrogens is 5. The summed E-state index contributed by atoms with van der Waals surface area (Å²) in [6.45, 7) is 6.51. The Kier molecular flexibility index (Phi) is 3.84. The van der Waals surface area contributed by atoms with Crippen molar-refractivity contribution in [1.82, 2.24) is 24.7 Å². The Hall–Kier alpha value is -2.22. The van der Waals surface area contributed by atoms with E-state index in [0.717, 1.165) is 47.8 Å². The Labute approximate surface area is 143 Å². The molecule has 1 fully saturated rings. The van der Waals surface area contributed by atoms with Gasteiger partial charge in [-0.15, -0.1) is 11.3 Å². The minimum atomic E-state index is -0.123. The Morgan fingerprint density at radius 1 is 1.42 bits per heavy atom. The van der Waals surface area contributed by atoms with Gasteiger partial charge in [-0.1, -0.05) is 0 Å². The van der Waals surface area contributed by atoms with Crippen LogP contribution in [0.1, 0.15) is 36.4 Å². The fraction of sp³-hybridized carbons (Fsp3) is 0.500. The molecule has 24 heavy (non-hydrogen) atoms. The fourth-order valence-corrected chi connectivity index (χ4v) is 4.38. The zero-order valence-corrected chi connectivity index (χ0v) is 14.6. The van der Waals surface area contributed by atoms with Crippen LogP contribution >= 0.6 is 11.3 Å². The van der Waals surface area contributed by atoms with Crippen LogP contribution in [0.5, 0.6) is 0 Å². The first-order chi connectivity index (χ1) is 11.7. The van der Waals surface area contributed by atoms with Gasteiger partial charge in [-0.25, -0.2) is 19.9 Å². The van der Waals surface area contributed by atoms with Crippen LogP contribution in [0.4, 0.5) is 5.82 Å². The molecule has 8 heteroatoms. The molecule has 1 aliphatic rings. The van der Waals surface area contributed by atoms with Crippen LogP contribution in [-0.4, -0.2) is 37.8 Å². The zero-order valence-electron chi connectivity index (χ0n) is 13.8. The Morgan fingerprint density at radius 2 is 2.29 bits per heavy atom. The molecule has 0 saturated carbocycles. The molecule has 4 rings (SSSR count). The molecule has 0 aromatic carbocycles. The molecule has 3 aromatic heterocycles. The molecule has 0 unspecified atom stereocenters. The molecule has 0 amide bonds. The van der Waals surface area contributed by atoms with Gasteiger partial charge in [0.15, 0.2) is 0 Å². The summed E-state index contributed by atoms with van der Waals surface area (Å²) in [5.41, 5.74) is -0.123. The van der Waals surface area contributed by atoms with Gasteiger partial charge in [-0.2, -0.15) is 5.10 Å². The summed E-state index contributed by atoms with van der Waals surface area (Å²) in [4.78, 5) is 25.4. The lowest BCUT2D eigenvalue weighted by Crippen LogP contribution is -2.36. The van der Waals surface area contributed by atoms with E-state index in [-0.39, 0.29) is 11.6 Å². The van der Waals surface area contributed by atoms with E-state index < -0.39 is 0 Å². The van der Waals surface area contributed by atoms with Crippen LogP contribution in [0.25, 0.3) is 10.2 Å². The average Bonchev–Trinajstić information content (AvgIpc) is 3.15. The van der Waals surface area contributed by atoms with Gasteiger partial charge in [0.2, 0.25) is 0 Å². The molecule has 1 N–H and O–H groups in total. The molecule has 0 radical (unpaired) electrons. The SMILES string of the molecule is CCn1c([C@H]2CCCN(c3ncnc4sc(C)cc34)C2)n[nH]c1=O. The molecule has 1 atom stereocenters. The Balaban J connectivity index is 1.68. The normalized spacial score (nSPS) is 18.4. The van der Waals surface area contributed by atoms with Crippen LogP contribution in [0.15, 0.2) is 17.2 Å². The standard InChI is InChI=1S/C16H20N6OS/c1-3-22-13(19-20-16(22)23)11-5-4-6-21(8-11)14-12-7-10(2)24-15(12)18-9-17-14/h7,9,11H,3-6,8H2,1-2H3,(H,20,23)/t11-/m0/s1. The molecule has 4 heterocycles. The van der Waals surface area contributed by atoms with Crippen molar-refractivity contribution < 1.29 is 0 Å². The highest BCUT2D eigenvalue weighted by atomic mass is 32.1. The molecular formula is C16H20N6OS. The monoisotopic (exact) mass is 344 g/mol. The van der Waals surface area contributed by atoms with Gasteiger partial charge in [0.25, 0.3) is 0 Å². The first-order valence-electron chi connectivity index (χ1n) is 8.28. The summed E-state index contributed by atoms with van der Waals surface area (Å²) in [6.07, 6.45) is 3.75. The molecule has 0 bridgehead atoms. The highest BCUT2D eigenvalue weighted by Gasteiger charge is 2.27. The van der Waals surface area contributed by atoms with E-state index in [9.17, 15) is 4.79 Å². The van der Waals surface area contributed by atoms with Crippen molar-refractivity contribution in [1.29, 1.82) is 0 Å². The third-order valence-corrected chi connectivity index (χ3v) is 5.58. The van der Waals surface area contributed by atoms with Crippen molar-refractivity contribution in [3.63, 3.8) is 0 Å². The van der Waals surface area contributed by atoms with Gasteiger partial charge in [0.05, 0.1) is 5.39 Å². The molecule has 7 nitrogen and oxygen atoms in total. The smallest absolute Gasteiger partial charge is 0.343 e. The fourth-order valence-electron chi connectivity index (χ4n) is 3.54. The first kappa shape index (κ1) is 15.3. The van der Waals surface area contributed by atoms with E-state index >= 15 is 0 Å². The maximum Gasteiger partial charge on any atom is 0.343 e. The predicted molar refractivity (Wildman–Crippen MR) is 94.9 cm³/mol. The van der Waals surface area contributed by atoms with E-state index in [2.05, 4.69) is 38.1 Å². The highest BCUT2D eigenvalue weighted by molar-refractivity contribution is 7.18. The number of fused-ring (bicyclic) bond motifs is 1. The second-order valence-corrected chi connectivity index (χ2v) is 7.42. The minimum Gasteiger partial charge on any atom is -0.355 e. The third-order valence-electron chi connectivity index (χ3n) is 4.62. The predicted octanol–water partition coefficient (Wildman–Crippen LogP) is 2.29. The van der Waals surface area contributed by atoms with Crippen molar-refractivity contribution in [2.75, 3.05) is 18.0 Å². The molecule has 1 aliphatic heterocycles. The largest absolute Gasteiger partial charge is 0.355 e. The number of hydrogen-bond donors (Lipinski definition) is 1. The van der Waals surface area contributed by atoms with Crippen LogP contribution in [0.2, 0.25) is 0 Å². The van der Waals surface area contributed by atoms with Crippen LogP contribution in [0.3, 0.4) is 0 Å². The molecule has 0 aliphatic carbocycles. The summed E-state index contributed by atoms with van der Waals surface area (Å²) < 4.78 is 1.73. The molecule has 126 valence electrons. The van der Waals surface area contributed by atoms with Gasteiger partial charge < -0.3 is 4.90 Å². The summed E-state index contributed by atoms with van der Waals surface area (Å²) in [5, 5.41) is 7.98. The number of piperidine rings is 1. The Bertz CT molecular complexity index is 926. The second-order valence-electron chi connectivity index (χ2n) is 6.19. The lowest BCUT2D eigenvalue weighted by molar-refractivity contribution is 0.470.